The molecule has 0 saturated heterocycles. The first-order valence-electron chi connectivity index (χ1n) is 8.40. The summed E-state index contributed by atoms with van der Waals surface area (Å²) < 4.78 is 0. The van der Waals surface area contributed by atoms with E-state index < -0.39 is 23.8 Å². The fraction of sp³-hybridized carbons (Fsp3) is 0.444. The molecule has 0 unspecified atom stereocenters. The molecule has 8 heteroatoms. The second-order valence-corrected chi connectivity index (χ2v) is 6.58. The smallest absolute Gasteiger partial charge is 0.327 e. The van der Waals surface area contributed by atoms with Gasteiger partial charge in [-0.3, -0.25) is 30.0 Å². The predicted octanol–water partition coefficient (Wildman–Crippen LogP) is 0.421. The average Bonchev–Trinajstić information content (AvgIpc) is 2.56. The van der Waals surface area contributed by atoms with Crippen molar-refractivity contribution in [1.29, 1.82) is 0 Å². The van der Waals surface area contributed by atoms with Gasteiger partial charge in [-0.1, -0.05) is 32.0 Å². The zero-order valence-corrected chi connectivity index (χ0v) is 15.7. The van der Waals surface area contributed by atoms with E-state index in [1.807, 2.05) is 11.5 Å². The minimum absolute atomic E-state index is 0.208. The van der Waals surface area contributed by atoms with Crippen LogP contribution >= 0.6 is 0 Å². The van der Waals surface area contributed by atoms with Crippen molar-refractivity contribution in [2.24, 2.45) is 5.92 Å². The lowest BCUT2D eigenvalue weighted by Crippen LogP contribution is -2.56. The molecule has 0 saturated carbocycles. The molecule has 0 aliphatic carbocycles. The van der Waals surface area contributed by atoms with E-state index in [4.69, 9.17) is 0 Å². The molecule has 1 atom stereocenters. The van der Waals surface area contributed by atoms with E-state index >= 15 is 0 Å². The van der Waals surface area contributed by atoms with Crippen molar-refractivity contribution in [3.63, 3.8) is 0 Å². The van der Waals surface area contributed by atoms with Gasteiger partial charge in [0.25, 0.3) is 11.8 Å². The van der Waals surface area contributed by atoms with Gasteiger partial charge in [0.05, 0.1) is 0 Å². The Morgan fingerprint density at radius 2 is 1.46 bits per heavy atom. The Morgan fingerprint density at radius 3 is 2.00 bits per heavy atom. The molecule has 0 radical (unpaired) electrons. The molecule has 142 valence electrons. The molecule has 1 aromatic rings. The molecule has 26 heavy (non-hydrogen) atoms. The van der Waals surface area contributed by atoms with E-state index in [0.717, 1.165) is 5.56 Å². The first-order chi connectivity index (χ1) is 12.1. The van der Waals surface area contributed by atoms with Crippen LogP contribution in [-0.4, -0.2) is 35.7 Å². The van der Waals surface area contributed by atoms with Crippen molar-refractivity contribution in [2.75, 3.05) is 0 Å². The lowest BCUT2D eigenvalue weighted by Gasteiger charge is -2.22. The second-order valence-electron chi connectivity index (χ2n) is 6.58. The van der Waals surface area contributed by atoms with Crippen LogP contribution in [0.15, 0.2) is 24.3 Å². The summed E-state index contributed by atoms with van der Waals surface area (Å²) in [4.78, 5) is 47.9. The Bertz CT molecular complexity index is 686. The normalized spacial score (nSPS) is 11.7. The molecular weight excluding hydrogens is 336 g/mol. The van der Waals surface area contributed by atoms with E-state index in [2.05, 4.69) is 16.1 Å². The summed E-state index contributed by atoms with van der Waals surface area (Å²) in [5, 5.41) is 5.06. The van der Waals surface area contributed by atoms with Crippen LogP contribution < -0.4 is 21.5 Å². The molecule has 0 fully saturated rings. The number of hydrogen-bond donors (Lipinski definition) is 4. The maximum absolute atomic E-state index is 12.4. The first-order valence-corrected chi connectivity index (χ1v) is 8.40. The van der Waals surface area contributed by atoms with Crippen LogP contribution in [0.4, 0.5) is 0 Å². The van der Waals surface area contributed by atoms with Crippen LogP contribution in [0.25, 0.3) is 0 Å². The van der Waals surface area contributed by atoms with Gasteiger partial charge in [0.2, 0.25) is 0 Å². The Hall–Kier alpha value is -2.90. The van der Waals surface area contributed by atoms with Crippen molar-refractivity contribution >= 4 is 23.6 Å². The highest BCUT2D eigenvalue weighted by molar-refractivity contribution is 6.35. The molecule has 4 amide bonds. The van der Waals surface area contributed by atoms with E-state index in [1.165, 1.54) is 0 Å². The van der Waals surface area contributed by atoms with E-state index in [0.29, 0.717) is 5.56 Å². The van der Waals surface area contributed by atoms with Crippen LogP contribution in [0.5, 0.6) is 0 Å². The van der Waals surface area contributed by atoms with Crippen LogP contribution in [-0.2, 0) is 14.4 Å². The Kier molecular flexibility index (Phi) is 7.77. The summed E-state index contributed by atoms with van der Waals surface area (Å²) in [6.45, 7) is 8.73. The van der Waals surface area contributed by atoms with Crippen molar-refractivity contribution in [2.45, 2.75) is 46.7 Å². The number of carbonyl (C=O) groups excluding carboxylic acids is 4. The lowest BCUT2D eigenvalue weighted by molar-refractivity contribution is -0.141. The number of hydrogen-bond acceptors (Lipinski definition) is 4. The predicted molar refractivity (Wildman–Crippen MR) is 96.8 cm³/mol. The number of benzene rings is 1. The van der Waals surface area contributed by atoms with Gasteiger partial charge in [0.15, 0.2) is 0 Å². The van der Waals surface area contributed by atoms with Gasteiger partial charge < -0.3 is 10.6 Å². The standard InChI is InChI=1S/C18H26N4O4/c1-10(2)14(20-15(23)13-9-7-6-8-12(13)5)16(24)21-22-18(26)17(25)19-11(3)4/h6-11,14H,1-5H3,(H,19,25)(H,20,23)(H,21,24)(H,22,26)/t14-/m0/s1. The molecule has 4 N–H and O–H groups in total. The lowest BCUT2D eigenvalue weighted by atomic mass is 10.0. The molecule has 1 rings (SSSR count). The maximum atomic E-state index is 12.4. The van der Waals surface area contributed by atoms with Gasteiger partial charge >= 0.3 is 11.8 Å². The van der Waals surface area contributed by atoms with Gasteiger partial charge in [-0.05, 0) is 38.3 Å². The highest BCUT2D eigenvalue weighted by Gasteiger charge is 2.26. The van der Waals surface area contributed by atoms with Gasteiger partial charge in [-0.25, -0.2) is 0 Å². The number of aryl methyl sites for hydroxylation is 1. The molecule has 0 aliphatic rings. The molecule has 0 bridgehead atoms. The Morgan fingerprint density at radius 1 is 0.846 bits per heavy atom. The number of rotatable bonds is 5. The minimum Gasteiger partial charge on any atom is -0.346 e. The van der Waals surface area contributed by atoms with E-state index in [-0.39, 0.29) is 17.9 Å². The molecule has 0 spiro atoms. The van der Waals surface area contributed by atoms with Crippen LogP contribution in [0.1, 0.15) is 43.6 Å². The molecule has 1 aromatic carbocycles. The number of amides is 4. The number of nitrogens with one attached hydrogen (secondary N) is 4. The van der Waals surface area contributed by atoms with Crippen molar-refractivity contribution in [1.82, 2.24) is 21.5 Å². The third-order valence-corrected chi connectivity index (χ3v) is 3.55. The van der Waals surface area contributed by atoms with Gasteiger partial charge in [-0.2, -0.15) is 0 Å². The van der Waals surface area contributed by atoms with Crippen LogP contribution in [0.2, 0.25) is 0 Å². The maximum Gasteiger partial charge on any atom is 0.327 e. The highest BCUT2D eigenvalue weighted by atomic mass is 16.2. The van der Waals surface area contributed by atoms with Gasteiger partial charge in [-0.15, -0.1) is 0 Å². The summed E-state index contributed by atoms with van der Waals surface area (Å²) >= 11 is 0. The summed E-state index contributed by atoms with van der Waals surface area (Å²) in [6.07, 6.45) is 0. The summed E-state index contributed by atoms with van der Waals surface area (Å²) in [5.41, 5.74) is 5.47. The largest absolute Gasteiger partial charge is 0.346 e. The zero-order valence-electron chi connectivity index (χ0n) is 15.7. The van der Waals surface area contributed by atoms with Gasteiger partial charge in [0.1, 0.15) is 6.04 Å². The average molecular weight is 362 g/mol. The molecule has 0 aliphatic heterocycles. The molecule has 0 aromatic heterocycles. The number of hydrazine groups is 1. The fourth-order valence-electron chi connectivity index (χ4n) is 2.16. The van der Waals surface area contributed by atoms with Crippen molar-refractivity contribution < 1.29 is 19.2 Å². The first kappa shape index (κ1) is 21.1. The quantitative estimate of drug-likeness (QED) is 0.449. The topological polar surface area (TPSA) is 116 Å². The highest BCUT2D eigenvalue weighted by Crippen LogP contribution is 2.09. The van der Waals surface area contributed by atoms with Crippen LogP contribution in [0, 0.1) is 12.8 Å². The fourth-order valence-corrected chi connectivity index (χ4v) is 2.16. The Labute approximate surface area is 153 Å². The van der Waals surface area contributed by atoms with Crippen molar-refractivity contribution in [3.8, 4) is 0 Å². The van der Waals surface area contributed by atoms with E-state index in [9.17, 15) is 19.2 Å². The third kappa shape index (κ3) is 6.19. The zero-order chi connectivity index (χ0) is 19.9. The molecular formula is C18H26N4O4. The SMILES string of the molecule is Cc1ccccc1C(=O)N[C@H](C(=O)NNC(=O)C(=O)NC(C)C)C(C)C. The van der Waals surface area contributed by atoms with Gasteiger partial charge in [0, 0.05) is 11.6 Å². The van der Waals surface area contributed by atoms with E-state index in [1.54, 1.807) is 52.8 Å². The van der Waals surface area contributed by atoms with Crippen molar-refractivity contribution in [3.05, 3.63) is 35.4 Å². The monoisotopic (exact) mass is 362 g/mol. The second kappa shape index (κ2) is 9.55. The third-order valence-electron chi connectivity index (χ3n) is 3.55. The summed E-state index contributed by atoms with van der Waals surface area (Å²) in [7, 11) is 0. The molecule has 8 nitrogen and oxygen atoms in total. The minimum atomic E-state index is -0.986. The van der Waals surface area contributed by atoms with Crippen LogP contribution in [0.3, 0.4) is 0 Å². The number of carbonyl (C=O) groups is 4. The Balaban J connectivity index is 2.70. The summed E-state index contributed by atoms with van der Waals surface area (Å²) in [5.74, 6) is -3.08. The molecule has 0 heterocycles. The summed E-state index contributed by atoms with van der Waals surface area (Å²) in [6, 6.07) is 5.93.